The number of hydrogen-bond acceptors (Lipinski definition) is 6. The van der Waals surface area contributed by atoms with E-state index in [0.29, 0.717) is 19.3 Å². The molecule has 0 radical (unpaired) electrons. The van der Waals surface area contributed by atoms with Gasteiger partial charge in [-0.2, -0.15) is 0 Å². The number of rotatable bonds is 57. The van der Waals surface area contributed by atoms with E-state index in [1.807, 2.05) is 0 Å². The molecule has 0 aliphatic heterocycles. The van der Waals surface area contributed by atoms with Crippen LogP contribution in [0.4, 0.5) is 0 Å². The highest BCUT2D eigenvalue weighted by Gasteiger charge is 2.19. The smallest absolute Gasteiger partial charge is 0.306 e. The van der Waals surface area contributed by atoms with Gasteiger partial charge in [0.2, 0.25) is 0 Å². The van der Waals surface area contributed by atoms with Gasteiger partial charge in [-0.25, -0.2) is 0 Å². The maximum Gasteiger partial charge on any atom is 0.306 e. The van der Waals surface area contributed by atoms with Crippen molar-refractivity contribution in [3.63, 3.8) is 0 Å². The highest BCUT2D eigenvalue weighted by atomic mass is 16.6. The summed E-state index contributed by atoms with van der Waals surface area (Å²) in [5, 5.41) is 0. The van der Waals surface area contributed by atoms with Crippen LogP contribution in [0.3, 0.4) is 0 Å². The summed E-state index contributed by atoms with van der Waals surface area (Å²) >= 11 is 0. The molecule has 6 nitrogen and oxygen atoms in total. The average molecular weight is 1020 g/mol. The summed E-state index contributed by atoms with van der Waals surface area (Å²) in [5.74, 6) is -0.952. The van der Waals surface area contributed by atoms with Crippen molar-refractivity contribution in [2.45, 2.75) is 322 Å². The summed E-state index contributed by atoms with van der Waals surface area (Å²) < 4.78 is 16.9. The summed E-state index contributed by atoms with van der Waals surface area (Å²) in [4.78, 5) is 38.2. The van der Waals surface area contributed by atoms with Crippen LogP contribution in [-0.4, -0.2) is 37.2 Å². The van der Waals surface area contributed by atoms with Crippen LogP contribution in [0, 0.1) is 0 Å². The van der Waals surface area contributed by atoms with Crippen molar-refractivity contribution in [2.75, 3.05) is 13.2 Å². The van der Waals surface area contributed by atoms with Crippen molar-refractivity contribution in [1.29, 1.82) is 0 Å². The van der Waals surface area contributed by atoms with E-state index in [-0.39, 0.29) is 37.5 Å². The first-order valence-electron chi connectivity index (χ1n) is 31.4. The molecule has 73 heavy (non-hydrogen) atoms. The van der Waals surface area contributed by atoms with Crippen LogP contribution in [0.2, 0.25) is 0 Å². The Kier molecular flexibility index (Phi) is 58.7. The van der Waals surface area contributed by atoms with Crippen molar-refractivity contribution in [1.82, 2.24) is 0 Å². The third-order valence-corrected chi connectivity index (χ3v) is 13.7. The second kappa shape index (κ2) is 61.4. The monoisotopic (exact) mass is 1020 g/mol. The van der Waals surface area contributed by atoms with E-state index in [9.17, 15) is 14.4 Å². The molecule has 0 aromatic rings. The topological polar surface area (TPSA) is 78.9 Å². The first-order valence-corrected chi connectivity index (χ1v) is 31.4. The zero-order chi connectivity index (χ0) is 52.9. The molecule has 1 unspecified atom stereocenters. The Morgan fingerprint density at radius 2 is 0.548 bits per heavy atom. The summed E-state index contributed by atoms with van der Waals surface area (Å²) in [6, 6.07) is 0. The number of unbranched alkanes of at least 4 members (excludes halogenated alkanes) is 34. The van der Waals surface area contributed by atoms with E-state index in [0.717, 1.165) is 83.5 Å². The van der Waals surface area contributed by atoms with E-state index in [1.54, 1.807) is 0 Å². The van der Waals surface area contributed by atoms with Crippen LogP contribution in [0.5, 0.6) is 0 Å². The molecule has 0 saturated heterocycles. The molecule has 422 valence electrons. The van der Waals surface area contributed by atoms with Gasteiger partial charge in [0.05, 0.1) is 0 Å². The first-order chi connectivity index (χ1) is 36.0. The van der Waals surface area contributed by atoms with E-state index in [1.165, 1.54) is 186 Å². The Morgan fingerprint density at radius 1 is 0.288 bits per heavy atom. The van der Waals surface area contributed by atoms with Gasteiger partial charge in [-0.1, -0.05) is 286 Å². The molecular weight excluding hydrogens is 901 g/mol. The second-order valence-electron chi connectivity index (χ2n) is 20.9. The summed E-state index contributed by atoms with van der Waals surface area (Å²) in [5.41, 5.74) is 0. The van der Waals surface area contributed by atoms with Crippen molar-refractivity contribution in [3.8, 4) is 0 Å². The number of esters is 3. The molecule has 0 spiro atoms. The van der Waals surface area contributed by atoms with Crippen LogP contribution < -0.4 is 0 Å². The minimum Gasteiger partial charge on any atom is -0.462 e. The molecule has 0 N–H and O–H groups in total. The van der Waals surface area contributed by atoms with Gasteiger partial charge in [-0.15, -0.1) is 0 Å². The summed E-state index contributed by atoms with van der Waals surface area (Å²) in [7, 11) is 0. The fourth-order valence-electron chi connectivity index (χ4n) is 9.00. The number of ether oxygens (including phenoxy) is 3. The lowest BCUT2D eigenvalue weighted by molar-refractivity contribution is -0.167. The van der Waals surface area contributed by atoms with Crippen LogP contribution in [0.15, 0.2) is 72.9 Å². The predicted octanol–water partition coefficient (Wildman–Crippen LogP) is 21.3. The van der Waals surface area contributed by atoms with Crippen LogP contribution in [-0.2, 0) is 28.6 Å². The molecule has 0 rings (SSSR count). The van der Waals surface area contributed by atoms with E-state index in [4.69, 9.17) is 14.2 Å². The van der Waals surface area contributed by atoms with Gasteiger partial charge in [0.1, 0.15) is 13.2 Å². The third kappa shape index (κ3) is 59.6. The predicted molar refractivity (Wildman–Crippen MR) is 316 cm³/mol. The number of hydrogen-bond donors (Lipinski definition) is 0. The SMILES string of the molecule is CC/C=C\C/C=C\C/C=C\C/C=C\C/C=C\CCCC(=O)OC(COC(=O)CCCCCCC/C=C\CCCCCCC)COC(=O)CCCCCCCCCCCCCCCCCCCCCCCCCC. The van der Waals surface area contributed by atoms with Gasteiger partial charge in [-0.05, 0) is 83.5 Å². The lowest BCUT2D eigenvalue weighted by atomic mass is 10.0. The molecule has 0 amide bonds. The maximum absolute atomic E-state index is 12.9. The van der Waals surface area contributed by atoms with Crippen molar-refractivity contribution >= 4 is 17.9 Å². The molecular formula is C67H118O6. The molecule has 0 saturated carbocycles. The Morgan fingerprint density at radius 3 is 0.890 bits per heavy atom. The second-order valence-corrected chi connectivity index (χ2v) is 20.9. The van der Waals surface area contributed by atoms with E-state index in [2.05, 4.69) is 93.7 Å². The standard InChI is InChI=1S/C67H118O6/c1-4-7-10-13-16-19-22-25-28-30-31-32-33-34-35-36-38-39-42-45-48-51-54-57-60-66(69)72-63-64(62-71-65(68)59-56-53-50-47-44-41-27-24-21-18-15-12-9-6-3)73-67(70)61-58-55-52-49-46-43-40-37-29-26-23-20-17-14-11-8-5-2/h8,11,17,20,24,26-27,29,40,43,49,52,64H,4-7,9-10,12-16,18-19,21-23,25,28,30-39,41-42,44-48,50-51,53-63H2,1-3H3/b11-8-,20-17-,27-24-,29-26-,43-40-,52-49-. The van der Waals surface area contributed by atoms with E-state index >= 15 is 0 Å². The lowest BCUT2D eigenvalue weighted by Crippen LogP contribution is -2.30. The Balaban J connectivity index is 4.35. The van der Waals surface area contributed by atoms with Gasteiger partial charge in [0.15, 0.2) is 6.10 Å². The zero-order valence-electron chi connectivity index (χ0n) is 48.4. The van der Waals surface area contributed by atoms with Crippen LogP contribution >= 0.6 is 0 Å². The number of carbonyl (C=O) groups excluding carboxylic acids is 3. The minimum absolute atomic E-state index is 0.0979. The van der Waals surface area contributed by atoms with Crippen molar-refractivity contribution < 1.29 is 28.6 Å². The fourth-order valence-corrected chi connectivity index (χ4v) is 9.00. The van der Waals surface area contributed by atoms with Crippen molar-refractivity contribution in [2.24, 2.45) is 0 Å². The molecule has 0 aliphatic rings. The molecule has 0 aromatic carbocycles. The zero-order valence-corrected chi connectivity index (χ0v) is 48.4. The van der Waals surface area contributed by atoms with Crippen LogP contribution in [0.1, 0.15) is 316 Å². The van der Waals surface area contributed by atoms with Gasteiger partial charge in [-0.3, -0.25) is 14.4 Å². The van der Waals surface area contributed by atoms with Crippen LogP contribution in [0.25, 0.3) is 0 Å². The molecule has 0 fully saturated rings. The third-order valence-electron chi connectivity index (χ3n) is 13.7. The molecule has 1 atom stereocenters. The molecule has 0 aliphatic carbocycles. The Labute approximate surface area is 453 Å². The van der Waals surface area contributed by atoms with Gasteiger partial charge >= 0.3 is 17.9 Å². The molecule has 0 bridgehead atoms. The minimum atomic E-state index is -0.808. The molecule has 0 heterocycles. The number of carbonyl (C=O) groups is 3. The summed E-state index contributed by atoms with van der Waals surface area (Å²) in [6.07, 6.45) is 79.2. The van der Waals surface area contributed by atoms with Gasteiger partial charge in [0.25, 0.3) is 0 Å². The van der Waals surface area contributed by atoms with E-state index < -0.39 is 6.10 Å². The average Bonchev–Trinajstić information content (AvgIpc) is 3.39. The first kappa shape index (κ1) is 69.8. The highest BCUT2D eigenvalue weighted by molar-refractivity contribution is 5.71. The molecule has 0 aromatic heterocycles. The van der Waals surface area contributed by atoms with Gasteiger partial charge < -0.3 is 14.2 Å². The largest absolute Gasteiger partial charge is 0.462 e. The fraction of sp³-hybridized carbons (Fsp3) is 0.776. The number of allylic oxidation sites excluding steroid dienone is 12. The molecule has 6 heteroatoms. The lowest BCUT2D eigenvalue weighted by Gasteiger charge is -2.18. The maximum atomic E-state index is 12.9. The normalized spacial score (nSPS) is 12.5. The Bertz CT molecular complexity index is 1360. The van der Waals surface area contributed by atoms with Crippen molar-refractivity contribution in [3.05, 3.63) is 72.9 Å². The highest BCUT2D eigenvalue weighted by Crippen LogP contribution is 2.17. The summed E-state index contributed by atoms with van der Waals surface area (Å²) in [6.45, 7) is 6.50. The Hall–Kier alpha value is -3.15. The quantitative estimate of drug-likeness (QED) is 0.0261. The van der Waals surface area contributed by atoms with Gasteiger partial charge in [0, 0.05) is 19.3 Å².